The first-order valence-electron chi connectivity index (χ1n) is 4.63. The van der Waals surface area contributed by atoms with Crippen LogP contribution in [-0.2, 0) is 0 Å². The minimum Gasteiger partial charge on any atom is -0.383 e. The summed E-state index contributed by atoms with van der Waals surface area (Å²) in [6, 6.07) is 0.151. The fourth-order valence-electron chi connectivity index (χ4n) is 2.03. The second-order valence-electron chi connectivity index (χ2n) is 3.72. The zero-order valence-corrected chi connectivity index (χ0v) is 7.67. The molecule has 1 heterocycles. The molecular formula is C9H14N2O2. The Bertz CT molecular complexity index is 353. The molecule has 0 aliphatic heterocycles. The number of H-pyrrole nitrogens is 1. The molecule has 1 aliphatic rings. The van der Waals surface area contributed by atoms with Crippen LogP contribution in [0, 0.1) is 6.92 Å². The first-order valence-corrected chi connectivity index (χ1v) is 4.63. The lowest BCUT2D eigenvalue weighted by Gasteiger charge is -2.11. The number of aromatic nitrogens is 1. The molecule has 13 heavy (non-hydrogen) atoms. The molecule has 1 aromatic heterocycles. The Morgan fingerprint density at radius 3 is 2.77 bits per heavy atom. The summed E-state index contributed by atoms with van der Waals surface area (Å²) in [4.78, 5) is 11.1. The van der Waals surface area contributed by atoms with E-state index in [9.17, 15) is 4.79 Å². The lowest BCUT2D eigenvalue weighted by molar-refractivity contribution is 0.347. The highest BCUT2D eigenvalue weighted by Gasteiger charge is 2.30. The Kier molecular flexibility index (Phi) is 2.00. The van der Waals surface area contributed by atoms with Crippen LogP contribution >= 0.6 is 0 Å². The van der Waals surface area contributed by atoms with E-state index in [-0.39, 0.29) is 17.5 Å². The van der Waals surface area contributed by atoms with Gasteiger partial charge >= 0.3 is 0 Å². The SMILES string of the molecule is Cc1c(C2CCCC2N)o[nH]c1=O. The van der Waals surface area contributed by atoms with Crippen molar-refractivity contribution in [1.82, 2.24) is 5.16 Å². The van der Waals surface area contributed by atoms with Crippen molar-refractivity contribution in [2.45, 2.75) is 38.1 Å². The number of nitrogens with one attached hydrogen (secondary N) is 1. The molecule has 4 nitrogen and oxygen atoms in total. The summed E-state index contributed by atoms with van der Waals surface area (Å²) in [6.07, 6.45) is 3.18. The predicted molar refractivity (Wildman–Crippen MR) is 48.6 cm³/mol. The fraction of sp³-hybridized carbons (Fsp3) is 0.667. The Morgan fingerprint density at radius 1 is 1.54 bits per heavy atom. The molecule has 1 fully saturated rings. The molecule has 0 bridgehead atoms. The van der Waals surface area contributed by atoms with E-state index >= 15 is 0 Å². The molecule has 0 amide bonds. The summed E-state index contributed by atoms with van der Waals surface area (Å²) in [6.45, 7) is 1.78. The van der Waals surface area contributed by atoms with Crippen LogP contribution in [0.4, 0.5) is 0 Å². The lowest BCUT2D eigenvalue weighted by atomic mass is 9.99. The Labute approximate surface area is 76.1 Å². The van der Waals surface area contributed by atoms with E-state index in [1.165, 1.54) is 0 Å². The lowest BCUT2D eigenvalue weighted by Crippen LogP contribution is -2.23. The highest BCUT2D eigenvalue weighted by molar-refractivity contribution is 5.18. The molecule has 4 heteroatoms. The largest absolute Gasteiger partial charge is 0.383 e. The molecule has 1 aromatic rings. The normalized spacial score (nSPS) is 28.2. The summed E-state index contributed by atoms with van der Waals surface area (Å²) in [7, 11) is 0. The third kappa shape index (κ3) is 1.31. The van der Waals surface area contributed by atoms with Crippen LogP contribution in [0.2, 0.25) is 0 Å². The van der Waals surface area contributed by atoms with Gasteiger partial charge < -0.3 is 10.3 Å². The molecule has 0 saturated heterocycles. The number of hydrogen-bond donors (Lipinski definition) is 2. The third-order valence-corrected chi connectivity index (χ3v) is 2.87. The van der Waals surface area contributed by atoms with E-state index in [4.69, 9.17) is 10.3 Å². The van der Waals surface area contributed by atoms with Gasteiger partial charge in [0.15, 0.2) is 0 Å². The van der Waals surface area contributed by atoms with E-state index in [0.29, 0.717) is 5.56 Å². The van der Waals surface area contributed by atoms with Gasteiger partial charge in [0.25, 0.3) is 5.56 Å². The molecule has 0 spiro atoms. The first-order chi connectivity index (χ1) is 6.20. The monoisotopic (exact) mass is 182 g/mol. The second-order valence-corrected chi connectivity index (χ2v) is 3.72. The van der Waals surface area contributed by atoms with E-state index in [1.807, 2.05) is 0 Å². The van der Waals surface area contributed by atoms with Crippen LogP contribution in [0.1, 0.15) is 36.5 Å². The summed E-state index contributed by atoms with van der Waals surface area (Å²) < 4.78 is 5.13. The highest BCUT2D eigenvalue weighted by Crippen LogP contribution is 2.33. The van der Waals surface area contributed by atoms with Crippen molar-refractivity contribution in [3.8, 4) is 0 Å². The molecule has 1 aliphatic carbocycles. The van der Waals surface area contributed by atoms with Crippen molar-refractivity contribution in [2.75, 3.05) is 0 Å². The van der Waals surface area contributed by atoms with Crippen LogP contribution in [0.15, 0.2) is 9.32 Å². The van der Waals surface area contributed by atoms with Gasteiger partial charge in [0.2, 0.25) is 0 Å². The quantitative estimate of drug-likeness (QED) is 0.677. The molecule has 0 aromatic carbocycles. The van der Waals surface area contributed by atoms with Crippen LogP contribution in [-0.4, -0.2) is 11.2 Å². The van der Waals surface area contributed by atoms with E-state index < -0.39 is 0 Å². The Morgan fingerprint density at radius 2 is 2.31 bits per heavy atom. The Balaban J connectivity index is 2.34. The molecule has 2 rings (SSSR count). The number of aromatic amines is 1. The standard InChI is InChI=1S/C9H14N2O2/c1-5-8(13-11-9(5)12)6-3-2-4-7(6)10/h6-7H,2-4,10H2,1H3,(H,11,12). The van der Waals surface area contributed by atoms with Crippen molar-refractivity contribution in [3.05, 3.63) is 21.7 Å². The zero-order valence-electron chi connectivity index (χ0n) is 7.67. The van der Waals surface area contributed by atoms with Crippen molar-refractivity contribution in [2.24, 2.45) is 5.73 Å². The average Bonchev–Trinajstić information content (AvgIpc) is 2.62. The van der Waals surface area contributed by atoms with Gasteiger partial charge in [-0.05, 0) is 19.8 Å². The van der Waals surface area contributed by atoms with Crippen LogP contribution in [0.5, 0.6) is 0 Å². The maximum absolute atomic E-state index is 11.1. The van der Waals surface area contributed by atoms with Crippen LogP contribution < -0.4 is 11.3 Å². The summed E-state index contributed by atoms with van der Waals surface area (Å²) in [5.41, 5.74) is 6.47. The van der Waals surface area contributed by atoms with E-state index in [1.54, 1.807) is 6.92 Å². The maximum Gasteiger partial charge on any atom is 0.283 e. The summed E-state index contributed by atoms with van der Waals surface area (Å²) in [5, 5.41) is 2.35. The molecular weight excluding hydrogens is 168 g/mol. The van der Waals surface area contributed by atoms with Gasteiger partial charge in [0, 0.05) is 12.0 Å². The zero-order chi connectivity index (χ0) is 9.42. The molecule has 3 N–H and O–H groups in total. The van der Waals surface area contributed by atoms with E-state index in [0.717, 1.165) is 25.0 Å². The molecule has 72 valence electrons. The van der Waals surface area contributed by atoms with Crippen LogP contribution in [0.25, 0.3) is 0 Å². The minimum atomic E-state index is -0.130. The van der Waals surface area contributed by atoms with Gasteiger partial charge in [-0.3, -0.25) is 4.79 Å². The maximum atomic E-state index is 11.1. The summed E-state index contributed by atoms with van der Waals surface area (Å²) >= 11 is 0. The topological polar surface area (TPSA) is 72.0 Å². The fourth-order valence-corrected chi connectivity index (χ4v) is 2.03. The minimum absolute atomic E-state index is 0.130. The molecule has 0 radical (unpaired) electrons. The highest BCUT2D eigenvalue weighted by atomic mass is 16.5. The predicted octanol–water partition coefficient (Wildman–Crippen LogP) is 0.871. The smallest absolute Gasteiger partial charge is 0.283 e. The number of nitrogens with two attached hydrogens (primary N) is 1. The van der Waals surface area contributed by atoms with Gasteiger partial charge in [0.05, 0.1) is 5.56 Å². The second kappa shape index (κ2) is 3.03. The number of rotatable bonds is 1. The van der Waals surface area contributed by atoms with Gasteiger partial charge in [-0.2, -0.15) is 5.16 Å². The Hall–Kier alpha value is -1.03. The van der Waals surface area contributed by atoms with Gasteiger partial charge in [-0.15, -0.1) is 0 Å². The number of hydrogen-bond acceptors (Lipinski definition) is 3. The van der Waals surface area contributed by atoms with E-state index in [2.05, 4.69) is 5.16 Å². The first kappa shape index (κ1) is 8.56. The third-order valence-electron chi connectivity index (χ3n) is 2.87. The van der Waals surface area contributed by atoms with Crippen molar-refractivity contribution in [3.63, 3.8) is 0 Å². The molecule has 2 unspecified atom stereocenters. The summed E-state index contributed by atoms with van der Waals surface area (Å²) in [5.74, 6) is 0.994. The van der Waals surface area contributed by atoms with Gasteiger partial charge in [0.1, 0.15) is 5.76 Å². The van der Waals surface area contributed by atoms with Gasteiger partial charge in [-0.25, -0.2) is 0 Å². The van der Waals surface area contributed by atoms with Crippen LogP contribution in [0.3, 0.4) is 0 Å². The average molecular weight is 182 g/mol. The van der Waals surface area contributed by atoms with Crippen molar-refractivity contribution in [1.29, 1.82) is 0 Å². The molecule has 2 atom stereocenters. The van der Waals surface area contributed by atoms with Crippen molar-refractivity contribution < 1.29 is 4.52 Å². The van der Waals surface area contributed by atoms with Gasteiger partial charge in [-0.1, -0.05) is 6.42 Å². The molecule has 1 saturated carbocycles. The van der Waals surface area contributed by atoms with Crippen molar-refractivity contribution >= 4 is 0 Å².